The second-order valence-corrected chi connectivity index (χ2v) is 17.3. The largest absolute Gasteiger partial charge is 0.472 e. The van der Waals surface area contributed by atoms with E-state index in [0.29, 0.717) is 13.0 Å². The molecule has 6 N–H and O–H groups in total. The minimum Gasteiger partial charge on any atom is -0.457 e. The lowest BCUT2D eigenvalue weighted by Gasteiger charge is -2.41. The van der Waals surface area contributed by atoms with E-state index in [1.165, 1.54) is 83.5 Å². The van der Waals surface area contributed by atoms with Crippen molar-refractivity contribution < 1.29 is 58.3 Å². The molecule has 13 heteroatoms. The van der Waals surface area contributed by atoms with Crippen LogP contribution in [-0.2, 0) is 27.9 Å². The molecule has 0 radical (unpaired) electrons. The van der Waals surface area contributed by atoms with Gasteiger partial charge in [0.15, 0.2) is 0 Å². The van der Waals surface area contributed by atoms with Crippen LogP contribution in [0.2, 0.25) is 0 Å². The molecule has 0 spiro atoms. The second kappa shape index (κ2) is 36.2. The highest BCUT2D eigenvalue weighted by Gasteiger charge is 2.51. The number of carbonyl (C=O) groups excluding carboxylic acids is 1. The fraction of sp³-hybridized carbons (Fsp3) is 0.844. The Balaban J connectivity index is 2.36. The Labute approximate surface area is 351 Å². The van der Waals surface area contributed by atoms with Crippen LogP contribution in [0.3, 0.4) is 0 Å². The molecule has 0 aromatic rings. The molecule has 1 aliphatic carbocycles. The summed E-state index contributed by atoms with van der Waals surface area (Å²) in [6.07, 6.45) is 29.3. The van der Waals surface area contributed by atoms with Crippen LogP contribution in [0, 0.1) is 0 Å². The Morgan fingerprint density at radius 3 is 1.52 bits per heavy atom. The number of aliphatic hydroxyl groups is 5. The minimum atomic E-state index is -5.02. The van der Waals surface area contributed by atoms with Gasteiger partial charge in [-0.25, -0.2) is 4.57 Å². The number of ether oxygens (including phenoxy) is 2. The molecule has 1 aliphatic rings. The molecule has 12 nitrogen and oxygen atoms in total. The highest BCUT2D eigenvalue weighted by Crippen LogP contribution is 2.47. The van der Waals surface area contributed by atoms with Crippen molar-refractivity contribution in [3.05, 3.63) is 36.5 Å². The number of unbranched alkanes of at least 4 members (excludes halogenated alkanes) is 20. The van der Waals surface area contributed by atoms with Crippen molar-refractivity contribution >= 4 is 13.8 Å². The molecule has 6 atom stereocenters. The Morgan fingerprint density at radius 2 is 0.983 bits per heavy atom. The van der Waals surface area contributed by atoms with Crippen molar-refractivity contribution in [2.24, 2.45) is 0 Å². The van der Waals surface area contributed by atoms with Crippen molar-refractivity contribution in [2.45, 2.75) is 224 Å². The average Bonchev–Trinajstić information content (AvgIpc) is 3.21. The normalized spacial score (nSPS) is 23.0. The van der Waals surface area contributed by atoms with E-state index in [0.717, 1.165) is 70.6 Å². The second-order valence-electron chi connectivity index (χ2n) is 15.9. The molecule has 6 unspecified atom stereocenters. The molecule has 1 fully saturated rings. The van der Waals surface area contributed by atoms with E-state index in [1.807, 2.05) is 0 Å². The molecule has 0 aromatic heterocycles. The predicted molar refractivity (Wildman–Crippen MR) is 230 cm³/mol. The maximum Gasteiger partial charge on any atom is 0.472 e. The molecule has 0 aromatic carbocycles. The Kier molecular flexibility index (Phi) is 34.1. The fourth-order valence-corrected chi connectivity index (χ4v) is 7.75. The predicted octanol–water partition coefficient (Wildman–Crippen LogP) is 9.09. The first-order chi connectivity index (χ1) is 28.0. The van der Waals surface area contributed by atoms with Crippen LogP contribution in [0.1, 0.15) is 181 Å². The zero-order valence-corrected chi connectivity index (χ0v) is 37.0. The fourth-order valence-electron chi connectivity index (χ4n) is 6.78. The van der Waals surface area contributed by atoms with Gasteiger partial charge in [-0.05, 0) is 64.2 Å². The Morgan fingerprint density at radius 1 is 0.552 bits per heavy atom. The van der Waals surface area contributed by atoms with E-state index in [2.05, 4.69) is 50.3 Å². The summed E-state index contributed by atoms with van der Waals surface area (Å²) in [4.78, 5) is 23.1. The van der Waals surface area contributed by atoms with Gasteiger partial charge in [-0.2, -0.15) is 0 Å². The van der Waals surface area contributed by atoms with Crippen LogP contribution in [0.25, 0.3) is 0 Å². The molecular formula is C45H83O12P. The van der Waals surface area contributed by atoms with Crippen molar-refractivity contribution in [1.29, 1.82) is 0 Å². The zero-order valence-electron chi connectivity index (χ0n) is 36.1. The van der Waals surface area contributed by atoms with Gasteiger partial charge in [0.25, 0.3) is 0 Å². The first-order valence-corrected chi connectivity index (χ1v) is 24.3. The summed E-state index contributed by atoms with van der Waals surface area (Å²) < 4.78 is 34.1. The van der Waals surface area contributed by atoms with Gasteiger partial charge in [0.1, 0.15) is 42.7 Å². The van der Waals surface area contributed by atoms with Gasteiger partial charge in [-0.1, -0.05) is 147 Å². The van der Waals surface area contributed by atoms with E-state index >= 15 is 0 Å². The average molecular weight is 847 g/mol. The van der Waals surface area contributed by atoms with Gasteiger partial charge in [-0.3, -0.25) is 13.8 Å². The lowest BCUT2D eigenvalue weighted by molar-refractivity contribution is -0.220. The van der Waals surface area contributed by atoms with Crippen molar-refractivity contribution in [3.8, 4) is 0 Å². The molecule has 340 valence electrons. The molecular weight excluding hydrogens is 763 g/mol. The van der Waals surface area contributed by atoms with Gasteiger partial charge < -0.3 is 39.9 Å². The third-order valence-electron chi connectivity index (χ3n) is 10.5. The number of aliphatic hydroxyl groups excluding tert-OH is 5. The maximum absolute atomic E-state index is 12.8. The van der Waals surface area contributed by atoms with E-state index in [1.54, 1.807) is 0 Å². The molecule has 58 heavy (non-hydrogen) atoms. The third-order valence-corrected chi connectivity index (χ3v) is 11.5. The molecule has 0 heterocycles. The maximum atomic E-state index is 12.8. The van der Waals surface area contributed by atoms with E-state index in [-0.39, 0.29) is 13.0 Å². The van der Waals surface area contributed by atoms with Gasteiger partial charge >= 0.3 is 13.8 Å². The number of carbonyl (C=O) groups is 1. The lowest BCUT2D eigenvalue weighted by atomic mass is 9.85. The number of esters is 1. The van der Waals surface area contributed by atoms with Crippen molar-refractivity contribution in [3.63, 3.8) is 0 Å². The zero-order chi connectivity index (χ0) is 42.7. The van der Waals surface area contributed by atoms with Crippen LogP contribution in [0.5, 0.6) is 0 Å². The topological polar surface area (TPSA) is 192 Å². The van der Waals surface area contributed by atoms with E-state index < -0.39 is 63.1 Å². The van der Waals surface area contributed by atoms with Gasteiger partial charge in [0.2, 0.25) is 0 Å². The molecule has 0 bridgehead atoms. The SMILES string of the molecule is CCCC/C=C\CCCCCCCC(=O)OC(COCCCCCCCCCCCC/C=C\C/C=C\CCCCC)COP(=O)(O)OC1C(O)C(O)C(O)C(O)C1O. The van der Waals surface area contributed by atoms with Crippen molar-refractivity contribution in [1.82, 2.24) is 0 Å². The van der Waals surface area contributed by atoms with Crippen LogP contribution in [-0.4, -0.2) is 98.9 Å². The first-order valence-electron chi connectivity index (χ1n) is 22.8. The molecule has 0 saturated heterocycles. The molecule has 1 saturated carbocycles. The molecule has 0 aliphatic heterocycles. The van der Waals surface area contributed by atoms with Gasteiger partial charge in [0, 0.05) is 13.0 Å². The molecule has 1 rings (SSSR count). The van der Waals surface area contributed by atoms with E-state index in [4.69, 9.17) is 18.5 Å². The number of phosphoric ester groups is 1. The number of rotatable bonds is 38. The molecule has 0 amide bonds. The number of hydrogen-bond acceptors (Lipinski definition) is 11. The van der Waals surface area contributed by atoms with Crippen LogP contribution >= 0.6 is 7.82 Å². The third kappa shape index (κ3) is 28.2. The Hall–Kier alpha value is -1.44. The van der Waals surface area contributed by atoms with Crippen LogP contribution < -0.4 is 0 Å². The lowest BCUT2D eigenvalue weighted by Crippen LogP contribution is -2.64. The smallest absolute Gasteiger partial charge is 0.457 e. The van der Waals surface area contributed by atoms with E-state index in [9.17, 15) is 39.8 Å². The summed E-state index contributed by atoms with van der Waals surface area (Å²) in [5.41, 5.74) is 0. The summed E-state index contributed by atoms with van der Waals surface area (Å²) in [5.74, 6) is -0.489. The van der Waals surface area contributed by atoms with Gasteiger partial charge in [0.05, 0.1) is 13.2 Å². The summed E-state index contributed by atoms with van der Waals surface area (Å²) in [5, 5.41) is 50.1. The summed E-state index contributed by atoms with van der Waals surface area (Å²) in [7, 11) is -5.02. The minimum absolute atomic E-state index is 0.0816. The van der Waals surface area contributed by atoms with Crippen molar-refractivity contribution in [2.75, 3.05) is 19.8 Å². The standard InChI is InChI=1S/C45H83O12P/c1-3-5-7-9-11-13-15-16-17-18-19-20-21-22-23-25-27-29-31-33-35-54-36-38(56-39(46)34-32-30-28-26-24-14-12-10-8-6-4-2)37-55-58(52,53)57-45-43(50)41(48)40(47)42(49)44(45)51/h10-13,16-17,38,40-45,47-51H,3-9,14-15,18-37H2,1-2H3,(H,52,53)/b12-10-,13-11-,17-16-. The van der Waals surface area contributed by atoms with Gasteiger partial charge in [-0.15, -0.1) is 0 Å². The number of phosphoric acid groups is 1. The summed E-state index contributed by atoms with van der Waals surface area (Å²) in [6.45, 7) is 4.17. The van der Waals surface area contributed by atoms with Crippen LogP contribution in [0.4, 0.5) is 0 Å². The number of allylic oxidation sites excluding steroid dienone is 6. The highest BCUT2D eigenvalue weighted by atomic mass is 31.2. The first kappa shape index (κ1) is 54.6. The Bertz CT molecular complexity index is 1100. The summed E-state index contributed by atoms with van der Waals surface area (Å²) >= 11 is 0. The quantitative estimate of drug-likeness (QED) is 0.0150. The monoisotopic (exact) mass is 847 g/mol. The highest BCUT2D eigenvalue weighted by molar-refractivity contribution is 7.47. The summed E-state index contributed by atoms with van der Waals surface area (Å²) in [6, 6.07) is 0. The van der Waals surface area contributed by atoms with Crippen LogP contribution in [0.15, 0.2) is 36.5 Å². The number of hydrogen-bond donors (Lipinski definition) is 6.